The van der Waals surface area contributed by atoms with Crippen molar-refractivity contribution >= 4 is 23.4 Å². The van der Waals surface area contributed by atoms with Gasteiger partial charge in [-0.3, -0.25) is 9.59 Å². The standard InChI is InChI=1S/C17H21ClN2O3/c1-23-10-14-15(21)19-11-17(14)5-7-20(8-6-17)16(22)12-3-2-4-13(18)9-12/h2-4,9,14H,5-8,10-11H2,1H3,(H,19,21)/t14-/m1/s1. The van der Waals surface area contributed by atoms with Crippen molar-refractivity contribution in [3.63, 3.8) is 0 Å². The summed E-state index contributed by atoms with van der Waals surface area (Å²) >= 11 is 5.97. The van der Waals surface area contributed by atoms with Crippen LogP contribution in [0.5, 0.6) is 0 Å². The number of rotatable bonds is 3. The van der Waals surface area contributed by atoms with Crippen LogP contribution in [0.3, 0.4) is 0 Å². The average Bonchev–Trinajstić information content (AvgIpc) is 2.85. The molecule has 3 rings (SSSR count). The highest BCUT2D eigenvalue weighted by Gasteiger charge is 2.49. The largest absolute Gasteiger partial charge is 0.384 e. The van der Waals surface area contributed by atoms with Crippen molar-refractivity contribution in [2.45, 2.75) is 12.8 Å². The van der Waals surface area contributed by atoms with E-state index in [2.05, 4.69) is 5.32 Å². The van der Waals surface area contributed by atoms with Crippen molar-refractivity contribution in [2.75, 3.05) is 33.4 Å². The molecule has 1 N–H and O–H groups in total. The monoisotopic (exact) mass is 336 g/mol. The van der Waals surface area contributed by atoms with Crippen molar-refractivity contribution in [3.05, 3.63) is 34.9 Å². The lowest BCUT2D eigenvalue weighted by molar-refractivity contribution is -0.126. The van der Waals surface area contributed by atoms with Crippen molar-refractivity contribution in [2.24, 2.45) is 11.3 Å². The summed E-state index contributed by atoms with van der Waals surface area (Å²) in [6.07, 6.45) is 1.62. The Hall–Kier alpha value is -1.59. The molecule has 1 atom stereocenters. The second-order valence-electron chi connectivity index (χ2n) is 6.39. The Morgan fingerprint density at radius 2 is 2.17 bits per heavy atom. The zero-order chi connectivity index (χ0) is 16.4. The summed E-state index contributed by atoms with van der Waals surface area (Å²) in [7, 11) is 1.62. The molecule has 0 radical (unpaired) electrons. The third-order valence-corrected chi connectivity index (χ3v) is 5.36. The summed E-state index contributed by atoms with van der Waals surface area (Å²) in [5.74, 6) is -0.0414. The lowest BCUT2D eigenvalue weighted by Gasteiger charge is -2.41. The Morgan fingerprint density at radius 3 is 2.83 bits per heavy atom. The van der Waals surface area contributed by atoms with E-state index in [0.717, 1.165) is 12.8 Å². The van der Waals surface area contributed by atoms with Crippen LogP contribution in [0, 0.1) is 11.3 Å². The first-order chi connectivity index (χ1) is 11.1. The summed E-state index contributed by atoms with van der Waals surface area (Å²) in [6, 6.07) is 7.03. The van der Waals surface area contributed by atoms with Gasteiger partial charge in [0.15, 0.2) is 0 Å². The van der Waals surface area contributed by atoms with Crippen LogP contribution in [0.1, 0.15) is 23.2 Å². The summed E-state index contributed by atoms with van der Waals surface area (Å²) in [5, 5.41) is 3.52. The molecule has 6 heteroatoms. The Kier molecular flexibility index (Phi) is 4.60. The average molecular weight is 337 g/mol. The quantitative estimate of drug-likeness (QED) is 0.918. The molecule has 0 saturated carbocycles. The summed E-state index contributed by atoms with van der Waals surface area (Å²) in [4.78, 5) is 26.5. The molecule has 0 aliphatic carbocycles. The van der Waals surface area contributed by atoms with Crippen molar-refractivity contribution in [1.82, 2.24) is 10.2 Å². The second-order valence-corrected chi connectivity index (χ2v) is 6.83. The molecule has 2 heterocycles. The number of piperidine rings is 1. The summed E-state index contributed by atoms with van der Waals surface area (Å²) in [5.41, 5.74) is 0.528. The third kappa shape index (κ3) is 3.08. The number of carbonyl (C=O) groups excluding carboxylic acids is 2. The Labute approximate surface area is 140 Å². The molecule has 1 spiro atoms. The first kappa shape index (κ1) is 16.3. The van der Waals surface area contributed by atoms with Crippen LogP contribution < -0.4 is 5.32 Å². The fraction of sp³-hybridized carbons (Fsp3) is 0.529. The van der Waals surface area contributed by atoms with Crippen LogP contribution in [0.2, 0.25) is 5.02 Å². The van der Waals surface area contributed by atoms with E-state index < -0.39 is 0 Å². The van der Waals surface area contributed by atoms with E-state index >= 15 is 0 Å². The normalized spacial score (nSPS) is 23.1. The van der Waals surface area contributed by atoms with Crippen LogP contribution in [-0.2, 0) is 9.53 Å². The molecule has 0 unspecified atom stereocenters. The molecule has 5 nitrogen and oxygen atoms in total. The zero-order valence-corrected chi connectivity index (χ0v) is 13.9. The van der Waals surface area contributed by atoms with E-state index in [1.165, 1.54) is 0 Å². The van der Waals surface area contributed by atoms with Gasteiger partial charge in [-0.25, -0.2) is 0 Å². The van der Waals surface area contributed by atoms with E-state index in [0.29, 0.717) is 36.8 Å². The molecule has 2 saturated heterocycles. The molecular weight excluding hydrogens is 316 g/mol. The molecule has 23 heavy (non-hydrogen) atoms. The smallest absolute Gasteiger partial charge is 0.253 e. The molecule has 0 aromatic heterocycles. The minimum atomic E-state index is -0.115. The summed E-state index contributed by atoms with van der Waals surface area (Å²) < 4.78 is 5.22. The first-order valence-corrected chi connectivity index (χ1v) is 8.25. The number of amides is 2. The number of likely N-dealkylation sites (tertiary alicyclic amines) is 1. The fourth-order valence-electron chi connectivity index (χ4n) is 3.69. The molecule has 124 valence electrons. The number of hydrogen-bond acceptors (Lipinski definition) is 3. The summed E-state index contributed by atoms with van der Waals surface area (Å²) in [6.45, 7) is 2.42. The third-order valence-electron chi connectivity index (χ3n) is 5.12. The highest BCUT2D eigenvalue weighted by Crippen LogP contribution is 2.42. The van der Waals surface area contributed by atoms with E-state index in [-0.39, 0.29) is 23.1 Å². The van der Waals surface area contributed by atoms with Gasteiger partial charge in [-0.2, -0.15) is 0 Å². The predicted octanol–water partition coefficient (Wildman–Crippen LogP) is 1.95. The maximum atomic E-state index is 12.6. The van der Waals surface area contributed by atoms with Gasteiger partial charge >= 0.3 is 0 Å². The van der Waals surface area contributed by atoms with Gasteiger partial charge in [0.2, 0.25) is 5.91 Å². The minimum Gasteiger partial charge on any atom is -0.384 e. The van der Waals surface area contributed by atoms with Gasteiger partial charge in [-0.1, -0.05) is 17.7 Å². The van der Waals surface area contributed by atoms with Gasteiger partial charge < -0.3 is 15.0 Å². The number of nitrogens with one attached hydrogen (secondary N) is 1. The molecular formula is C17H21ClN2O3. The Morgan fingerprint density at radius 1 is 1.43 bits per heavy atom. The van der Waals surface area contributed by atoms with Gasteiger partial charge in [0, 0.05) is 42.7 Å². The van der Waals surface area contributed by atoms with Crippen LogP contribution in [0.4, 0.5) is 0 Å². The topological polar surface area (TPSA) is 58.6 Å². The van der Waals surface area contributed by atoms with Crippen LogP contribution in [0.25, 0.3) is 0 Å². The van der Waals surface area contributed by atoms with Gasteiger partial charge in [0.1, 0.15) is 0 Å². The van der Waals surface area contributed by atoms with Crippen molar-refractivity contribution in [3.8, 4) is 0 Å². The van der Waals surface area contributed by atoms with E-state index in [4.69, 9.17) is 16.3 Å². The van der Waals surface area contributed by atoms with Gasteiger partial charge in [0.05, 0.1) is 12.5 Å². The Bertz CT molecular complexity index is 612. The van der Waals surface area contributed by atoms with Crippen molar-refractivity contribution in [1.29, 1.82) is 0 Å². The lowest BCUT2D eigenvalue weighted by Crippen LogP contribution is -2.47. The number of carbonyl (C=O) groups is 2. The maximum Gasteiger partial charge on any atom is 0.253 e. The number of hydrogen-bond donors (Lipinski definition) is 1. The molecule has 0 bridgehead atoms. The minimum absolute atomic E-state index is 0.00271. The van der Waals surface area contributed by atoms with E-state index in [1.807, 2.05) is 4.90 Å². The molecule has 1 aromatic rings. The number of methoxy groups -OCH3 is 1. The number of benzene rings is 1. The lowest BCUT2D eigenvalue weighted by atomic mass is 9.71. The van der Waals surface area contributed by atoms with Gasteiger partial charge in [0.25, 0.3) is 5.91 Å². The fourth-order valence-corrected chi connectivity index (χ4v) is 3.88. The first-order valence-electron chi connectivity index (χ1n) is 7.87. The molecule has 2 aliphatic heterocycles. The predicted molar refractivity (Wildman–Crippen MR) is 87.4 cm³/mol. The number of ether oxygens (including phenoxy) is 1. The van der Waals surface area contributed by atoms with E-state index in [9.17, 15) is 9.59 Å². The van der Waals surface area contributed by atoms with Crippen LogP contribution >= 0.6 is 11.6 Å². The Balaban J connectivity index is 1.68. The second kappa shape index (κ2) is 6.49. The molecule has 1 aromatic carbocycles. The van der Waals surface area contributed by atoms with Crippen LogP contribution in [0.15, 0.2) is 24.3 Å². The highest BCUT2D eigenvalue weighted by atomic mass is 35.5. The van der Waals surface area contributed by atoms with E-state index in [1.54, 1.807) is 31.4 Å². The molecule has 2 amide bonds. The zero-order valence-electron chi connectivity index (χ0n) is 13.2. The van der Waals surface area contributed by atoms with Gasteiger partial charge in [-0.05, 0) is 31.0 Å². The molecule has 2 aliphatic rings. The highest BCUT2D eigenvalue weighted by molar-refractivity contribution is 6.30. The SMILES string of the molecule is COC[C@@H]1C(=O)NCC12CCN(C(=O)c1cccc(Cl)c1)CC2. The van der Waals surface area contributed by atoms with Crippen molar-refractivity contribution < 1.29 is 14.3 Å². The van der Waals surface area contributed by atoms with Crippen LogP contribution in [-0.4, -0.2) is 50.1 Å². The number of halogens is 1. The maximum absolute atomic E-state index is 12.6. The number of nitrogens with zero attached hydrogens (tertiary/aromatic N) is 1. The van der Waals surface area contributed by atoms with Gasteiger partial charge in [-0.15, -0.1) is 0 Å². The molecule has 2 fully saturated rings.